The Labute approximate surface area is 155 Å². The first-order chi connectivity index (χ1) is 12.6. The molecule has 3 aromatic rings. The number of hydrogen-bond acceptors (Lipinski definition) is 5. The Bertz CT molecular complexity index is 933. The zero-order chi connectivity index (χ0) is 18.5. The van der Waals surface area contributed by atoms with Gasteiger partial charge in [-0.3, -0.25) is 4.57 Å². The first-order valence-corrected chi connectivity index (χ1v) is 9.01. The van der Waals surface area contributed by atoms with Crippen LogP contribution < -0.4 is 4.74 Å². The van der Waals surface area contributed by atoms with Gasteiger partial charge in [-0.25, -0.2) is 4.39 Å². The molecule has 0 aliphatic rings. The second-order valence-electron chi connectivity index (χ2n) is 5.44. The van der Waals surface area contributed by atoms with Gasteiger partial charge in [-0.05, 0) is 50.2 Å². The molecule has 2 aromatic carbocycles. The molecule has 0 aliphatic carbocycles. The average molecular weight is 368 g/mol. The largest absolute Gasteiger partial charge is 0.494 e. The number of ether oxygens (including phenoxy) is 1. The number of nitriles is 1. The van der Waals surface area contributed by atoms with Crippen LogP contribution in [0.4, 0.5) is 4.39 Å². The fraction of sp³-hybridized carbons (Fsp3) is 0.211. The Morgan fingerprint density at radius 3 is 2.58 bits per heavy atom. The number of benzene rings is 2. The number of rotatable bonds is 6. The van der Waals surface area contributed by atoms with Crippen molar-refractivity contribution < 1.29 is 9.13 Å². The van der Waals surface area contributed by atoms with Crippen LogP contribution in [0.2, 0.25) is 0 Å². The monoisotopic (exact) mass is 368 g/mol. The standard InChI is InChI=1S/C19H17FN4OS/c1-3-25-15-10-8-14(9-11-15)18-22-23-19(26-13(2)12-21)24(18)17-7-5-4-6-16(17)20/h4-11,13H,3H2,1-2H3/t13-/m1/s1. The predicted octanol–water partition coefficient (Wildman–Crippen LogP) is 4.48. The first-order valence-electron chi connectivity index (χ1n) is 8.14. The third-order valence-corrected chi connectivity index (χ3v) is 4.55. The molecule has 0 amide bonds. The molecule has 3 rings (SSSR count). The van der Waals surface area contributed by atoms with Crippen molar-refractivity contribution in [3.05, 3.63) is 54.3 Å². The van der Waals surface area contributed by atoms with Gasteiger partial charge in [0.2, 0.25) is 0 Å². The highest BCUT2D eigenvalue weighted by atomic mass is 32.2. The normalized spacial score (nSPS) is 11.8. The van der Waals surface area contributed by atoms with E-state index in [2.05, 4.69) is 16.3 Å². The fourth-order valence-electron chi connectivity index (χ4n) is 2.43. The summed E-state index contributed by atoms with van der Waals surface area (Å²) in [6.07, 6.45) is 0. The lowest BCUT2D eigenvalue weighted by Gasteiger charge is -2.12. The minimum absolute atomic E-state index is 0.335. The SMILES string of the molecule is CCOc1ccc(-c2nnc(S[C@H](C)C#N)n2-c2ccccc2F)cc1. The van der Waals surface area contributed by atoms with Gasteiger partial charge in [0, 0.05) is 5.56 Å². The van der Waals surface area contributed by atoms with Crippen LogP contribution in [-0.4, -0.2) is 26.6 Å². The van der Waals surface area contributed by atoms with Crippen LogP contribution in [0, 0.1) is 17.1 Å². The molecular weight excluding hydrogens is 351 g/mol. The van der Waals surface area contributed by atoms with Crippen molar-refractivity contribution >= 4 is 11.8 Å². The van der Waals surface area contributed by atoms with E-state index >= 15 is 0 Å². The summed E-state index contributed by atoms with van der Waals surface area (Å²) >= 11 is 1.24. The summed E-state index contributed by atoms with van der Waals surface area (Å²) in [5.74, 6) is 0.873. The summed E-state index contributed by atoms with van der Waals surface area (Å²) in [6, 6.07) is 16.0. The Morgan fingerprint density at radius 2 is 1.92 bits per heavy atom. The van der Waals surface area contributed by atoms with E-state index in [0.717, 1.165) is 11.3 Å². The van der Waals surface area contributed by atoms with Gasteiger partial charge in [-0.2, -0.15) is 5.26 Å². The van der Waals surface area contributed by atoms with Crippen LogP contribution in [0.15, 0.2) is 53.7 Å². The molecule has 0 bridgehead atoms. The molecule has 26 heavy (non-hydrogen) atoms. The average Bonchev–Trinajstić information content (AvgIpc) is 3.06. The van der Waals surface area contributed by atoms with E-state index in [1.165, 1.54) is 17.8 Å². The van der Waals surface area contributed by atoms with Crippen LogP contribution in [0.25, 0.3) is 17.1 Å². The maximum absolute atomic E-state index is 14.4. The highest BCUT2D eigenvalue weighted by Gasteiger charge is 2.20. The number of nitrogens with zero attached hydrogens (tertiary/aromatic N) is 4. The molecule has 0 unspecified atom stereocenters. The first kappa shape index (κ1) is 18.0. The molecule has 0 fully saturated rings. The minimum atomic E-state index is -0.383. The quantitative estimate of drug-likeness (QED) is 0.601. The Morgan fingerprint density at radius 1 is 1.19 bits per heavy atom. The van der Waals surface area contributed by atoms with E-state index in [1.807, 2.05) is 31.2 Å². The minimum Gasteiger partial charge on any atom is -0.494 e. The van der Waals surface area contributed by atoms with Gasteiger partial charge in [-0.15, -0.1) is 10.2 Å². The van der Waals surface area contributed by atoms with Crippen LogP contribution in [0.3, 0.4) is 0 Å². The van der Waals surface area contributed by atoms with Crippen molar-refractivity contribution in [3.8, 4) is 28.9 Å². The van der Waals surface area contributed by atoms with Gasteiger partial charge in [-0.1, -0.05) is 23.9 Å². The third-order valence-electron chi connectivity index (χ3n) is 3.61. The molecule has 0 saturated heterocycles. The summed E-state index contributed by atoms with van der Waals surface area (Å²) in [6.45, 7) is 4.27. The molecule has 1 heterocycles. The van der Waals surface area contributed by atoms with Crippen molar-refractivity contribution in [2.24, 2.45) is 0 Å². The van der Waals surface area contributed by atoms with Gasteiger partial charge in [0.15, 0.2) is 11.0 Å². The lowest BCUT2D eigenvalue weighted by Crippen LogP contribution is -2.04. The molecule has 0 spiro atoms. The van der Waals surface area contributed by atoms with E-state index in [4.69, 9.17) is 10.00 Å². The maximum Gasteiger partial charge on any atom is 0.197 e. The molecule has 132 valence electrons. The highest BCUT2D eigenvalue weighted by Crippen LogP contribution is 2.31. The summed E-state index contributed by atoms with van der Waals surface area (Å²) in [5, 5.41) is 17.7. The molecule has 0 radical (unpaired) electrons. The van der Waals surface area contributed by atoms with Crippen molar-refractivity contribution in [3.63, 3.8) is 0 Å². The van der Waals surface area contributed by atoms with E-state index in [1.54, 1.807) is 29.7 Å². The Balaban J connectivity index is 2.11. The van der Waals surface area contributed by atoms with Gasteiger partial charge in [0.05, 0.1) is 23.6 Å². The Kier molecular flexibility index (Phi) is 5.54. The summed E-state index contributed by atoms with van der Waals surface area (Å²) in [4.78, 5) is 0. The number of aromatic nitrogens is 3. The highest BCUT2D eigenvalue weighted by molar-refractivity contribution is 8.00. The van der Waals surface area contributed by atoms with Crippen molar-refractivity contribution in [2.75, 3.05) is 6.61 Å². The number of para-hydroxylation sites is 1. The van der Waals surface area contributed by atoms with Gasteiger partial charge < -0.3 is 4.74 Å². The molecule has 5 nitrogen and oxygen atoms in total. The topological polar surface area (TPSA) is 63.7 Å². The van der Waals surface area contributed by atoms with Crippen molar-refractivity contribution in [1.82, 2.24) is 14.8 Å². The maximum atomic E-state index is 14.4. The van der Waals surface area contributed by atoms with Crippen LogP contribution in [0.5, 0.6) is 5.75 Å². The van der Waals surface area contributed by atoms with E-state index in [-0.39, 0.29) is 11.1 Å². The zero-order valence-electron chi connectivity index (χ0n) is 14.4. The lowest BCUT2D eigenvalue weighted by molar-refractivity contribution is 0.340. The van der Waals surface area contributed by atoms with Gasteiger partial charge in [0.25, 0.3) is 0 Å². The summed E-state index contributed by atoms with van der Waals surface area (Å²) in [7, 11) is 0. The second-order valence-corrected chi connectivity index (χ2v) is 6.75. The van der Waals surface area contributed by atoms with Crippen molar-refractivity contribution in [2.45, 2.75) is 24.3 Å². The van der Waals surface area contributed by atoms with E-state index < -0.39 is 0 Å². The molecule has 0 saturated carbocycles. The van der Waals surface area contributed by atoms with Crippen LogP contribution >= 0.6 is 11.8 Å². The van der Waals surface area contributed by atoms with Gasteiger partial charge in [0.1, 0.15) is 11.6 Å². The molecule has 1 atom stereocenters. The van der Waals surface area contributed by atoms with Crippen molar-refractivity contribution in [1.29, 1.82) is 5.26 Å². The zero-order valence-corrected chi connectivity index (χ0v) is 15.2. The van der Waals surface area contributed by atoms with E-state index in [9.17, 15) is 4.39 Å². The number of hydrogen-bond donors (Lipinski definition) is 0. The van der Waals surface area contributed by atoms with Gasteiger partial charge >= 0.3 is 0 Å². The Hall–Kier alpha value is -2.85. The second kappa shape index (κ2) is 8.02. The third kappa shape index (κ3) is 3.70. The molecule has 1 aromatic heterocycles. The molecule has 0 N–H and O–H groups in total. The number of thioether (sulfide) groups is 1. The smallest absolute Gasteiger partial charge is 0.197 e. The molecule has 7 heteroatoms. The summed E-state index contributed by atoms with van der Waals surface area (Å²) < 4.78 is 21.5. The van der Waals surface area contributed by atoms with E-state index in [0.29, 0.717) is 23.3 Å². The number of halogens is 1. The molecule has 0 aliphatic heterocycles. The van der Waals surface area contributed by atoms with Crippen LogP contribution in [0.1, 0.15) is 13.8 Å². The fourth-order valence-corrected chi connectivity index (χ4v) is 3.18. The van der Waals surface area contributed by atoms with Crippen LogP contribution in [-0.2, 0) is 0 Å². The lowest BCUT2D eigenvalue weighted by atomic mass is 10.2. The predicted molar refractivity (Wildman–Crippen MR) is 98.9 cm³/mol. The summed E-state index contributed by atoms with van der Waals surface area (Å²) in [5.41, 5.74) is 1.12. The molecular formula is C19H17FN4OS.